The third-order valence-corrected chi connectivity index (χ3v) is 9.78. The molecule has 10 nitrogen and oxygen atoms in total. The maximum Gasteiger partial charge on any atom is 0.253 e. The maximum atomic E-state index is 13.1. The first kappa shape index (κ1) is 36.2. The molecule has 10 heteroatoms. The van der Waals surface area contributed by atoms with E-state index in [4.69, 9.17) is 18.9 Å². The topological polar surface area (TPSA) is 119 Å². The van der Waals surface area contributed by atoms with E-state index in [9.17, 15) is 14.7 Å². The largest absolute Gasteiger partial charge is 0.497 e. The molecule has 0 bridgehead atoms. The molecular formula is C36H57N3O7. The summed E-state index contributed by atoms with van der Waals surface area (Å²) in [6.45, 7) is 7.92. The SMILES string of the molecule is COCCCOC(C(C)C)C1CCCN(c2c(N[C@@H](CC3CCCCC3)[C@H](O)CNCc3cc(OC)cc(OC)c3)c(=O)c2=O)C1. The molecule has 2 aromatic rings. The van der Waals surface area contributed by atoms with E-state index in [0.29, 0.717) is 67.6 Å². The second kappa shape index (κ2) is 18.0. The van der Waals surface area contributed by atoms with Crippen molar-refractivity contribution in [1.29, 1.82) is 0 Å². The lowest BCUT2D eigenvalue weighted by atomic mass is 9.83. The van der Waals surface area contributed by atoms with E-state index in [-0.39, 0.29) is 18.1 Å². The van der Waals surface area contributed by atoms with E-state index in [1.165, 1.54) is 19.3 Å². The van der Waals surface area contributed by atoms with Crippen molar-refractivity contribution in [2.75, 3.05) is 64.4 Å². The van der Waals surface area contributed by atoms with Gasteiger partial charge in [-0.1, -0.05) is 46.0 Å². The van der Waals surface area contributed by atoms with Crippen molar-refractivity contribution in [3.05, 3.63) is 44.2 Å². The number of nitrogens with zero attached hydrogens (tertiary/aromatic N) is 1. The van der Waals surface area contributed by atoms with Crippen LogP contribution in [-0.2, 0) is 16.0 Å². The molecule has 1 aliphatic carbocycles. The van der Waals surface area contributed by atoms with Crippen molar-refractivity contribution in [3.8, 4) is 11.5 Å². The number of ether oxygens (including phenoxy) is 4. The van der Waals surface area contributed by atoms with E-state index < -0.39 is 17.0 Å². The van der Waals surface area contributed by atoms with E-state index in [2.05, 4.69) is 29.4 Å². The van der Waals surface area contributed by atoms with Gasteiger partial charge in [0.25, 0.3) is 10.9 Å². The first-order valence-corrected chi connectivity index (χ1v) is 17.3. The molecular weight excluding hydrogens is 586 g/mol. The van der Waals surface area contributed by atoms with Crippen LogP contribution in [0.1, 0.15) is 77.2 Å². The maximum absolute atomic E-state index is 13.1. The Kier molecular flexibility index (Phi) is 14.2. The predicted molar refractivity (Wildman–Crippen MR) is 183 cm³/mol. The minimum atomic E-state index is -0.758. The zero-order valence-electron chi connectivity index (χ0n) is 28.6. The molecule has 4 atom stereocenters. The van der Waals surface area contributed by atoms with Crippen LogP contribution >= 0.6 is 0 Å². The van der Waals surface area contributed by atoms with Crippen molar-refractivity contribution >= 4 is 11.4 Å². The Labute approximate surface area is 274 Å². The monoisotopic (exact) mass is 643 g/mol. The van der Waals surface area contributed by atoms with Crippen molar-refractivity contribution in [3.63, 3.8) is 0 Å². The Morgan fingerprint density at radius 1 is 0.935 bits per heavy atom. The molecule has 0 spiro atoms. The van der Waals surface area contributed by atoms with Crippen LogP contribution in [0.3, 0.4) is 0 Å². The molecule has 2 fully saturated rings. The molecule has 2 aliphatic rings. The highest BCUT2D eigenvalue weighted by molar-refractivity contribution is 5.75. The molecule has 3 N–H and O–H groups in total. The summed E-state index contributed by atoms with van der Waals surface area (Å²) >= 11 is 0. The number of anilines is 2. The van der Waals surface area contributed by atoms with Gasteiger partial charge in [0.1, 0.15) is 22.9 Å². The highest BCUT2D eigenvalue weighted by Crippen LogP contribution is 2.33. The average molecular weight is 644 g/mol. The summed E-state index contributed by atoms with van der Waals surface area (Å²) < 4.78 is 22.3. The molecule has 258 valence electrons. The lowest BCUT2D eigenvalue weighted by Gasteiger charge is -2.40. The number of nitrogens with one attached hydrogen (secondary N) is 2. The molecule has 2 unspecified atom stereocenters. The van der Waals surface area contributed by atoms with Crippen LogP contribution in [0.25, 0.3) is 0 Å². The second-order valence-electron chi connectivity index (χ2n) is 13.6. The Morgan fingerprint density at radius 3 is 2.30 bits per heavy atom. The van der Waals surface area contributed by atoms with Gasteiger partial charge in [0.2, 0.25) is 0 Å². The number of benzene rings is 1. The fourth-order valence-electron chi connectivity index (χ4n) is 7.35. The Morgan fingerprint density at radius 2 is 1.65 bits per heavy atom. The standard InChI is InChI=1S/C36H57N3O7/c1-24(2)36(46-16-10-15-43-3)27-13-9-14-39(23-27)33-32(34(41)35(33)42)38-30(19-25-11-7-6-8-12-25)31(40)22-37-21-26-17-28(44-4)20-29(18-26)45-5/h17-18,20,24-25,27,30-31,36-38,40H,6-16,19,21-23H2,1-5H3/t27?,30-,31+,36?/m0/s1. The first-order chi connectivity index (χ1) is 22.2. The number of methoxy groups -OCH3 is 3. The van der Waals surface area contributed by atoms with Gasteiger partial charge in [-0.25, -0.2) is 0 Å². The van der Waals surface area contributed by atoms with Gasteiger partial charge in [0.05, 0.1) is 32.5 Å². The molecule has 46 heavy (non-hydrogen) atoms. The molecule has 1 saturated heterocycles. The third-order valence-electron chi connectivity index (χ3n) is 9.78. The molecule has 1 heterocycles. The smallest absolute Gasteiger partial charge is 0.253 e. The van der Waals surface area contributed by atoms with Gasteiger partial charge in [-0.3, -0.25) is 9.59 Å². The fourth-order valence-corrected chi connectivity index (χ4v) is 7.35. The minimum absolute atomic E-state index is 0.0686. The van der Waals surface area contributed by atoms with Crippen molar-refractivity contribution in [1.82, 2.24) is 5.32 Å². The second-order valence-corrected chi connectivity index (χ2v) is 13.6. The minimum Gasteiger partial charge on any atom is -0.497 e. The van der Waals surface area contributed by atoms with Gasteiger partial charge >= 0.3 is 0 Å². The van der Waals surface area contributed by atoms with Crippen molar-refractivity contribution < 1.29 is 24.1 Å². The van der Waals surface area contributed by atoms with E-state index in [1.807, 2.05) is 18.2 Å². The van der Waals surface area contributed by atoms with Gasteiger partial charge in [-0.05, 0) is 55.2 Å². The average Bonchev–Trinajstić information content (AvgIpc) is 3.07. The number of hydrogen-bond donors (Lipinski definition) is 3. The zero-order chi connectivity index (χ0) is 33.1. The number of aliphatic hydroxyl groups excluding tert-OH is 1. The highest BCUT2D eigenvalue weighted by Gasteiger charge is 2.36. The summed E-state index contributed by atoms with van der Waals surface area (Å²) in [4.78, 5) is 28.2. The normalized spacial score (nSPS) is 19.7. The molecule has 2 aromatic carbocycles. The zero-order valence-corrected chi connectivity index (χ0v) is 28.6. The van der Waals surface area contributed by atoms with Crippen LogP contribution in [0, 0.1) is 17.8 Å². The molecule has 0 amide bonds. The Hall–Kier alpha value is -2.66. The molecule has 4 rings (SSSR count). The van der Waals surface area contributed by atoms with Crippen molar-refractivity contribution in [2.24, 2.45) is 17.8 Å². The molecule has 1 saturated carbocycles. The van der Waals surface area contributed by atoms with Gasteiger partial charge in [-0.15, -0.1) is 0 Å². The molecule has 0 radical (unpaired) electrons. The first-order valence-electron chi connectivity index (χ1n) is 17.3. The summed E-state index contributed by atoms with van der Waals surface area (Å²) in [5.41, 5.74) is 0.915. The van der Waals surface area contributed by atoms with Gasteiger partial charge in [-0.2, -0.15) is 0 Å². The van der Waals surface area contributed by atoms with Crippen LogP contribution in [0.2, 0.25) is 0 Å². The molecule has 1 aliphatic heterocycles. The lowest BCUT2D eigenvalue weighted by molar-refractivity contribution is -0.0275. The Bertz CT molecular complexity index is 1250. The number of hydrogen-bond acceptors (Lipinski definition) is 10. The van der Waals surface area contributed by atoms with Crippen LogP contribution in [0.4, 0.5) is 11.4 Å². The van der Waals surface area contributed by atoms with E-state index in [0.717, 1.165) is 50.6 Å². The summed E-state index contributed by atoms with van der Waals surface area (Å²) in [6.07, 6.45) is 8.72. The quantitative estimate of drug-likeness (QED) is 0.149. The van der Waals surface area contributed by atoms with Crippen LogP contribution in [0.15, 0.2) is 27.8 Å². The lowest BCUT2D eigenvalue weighted by Crippen LogP contribution is -2.51. The molecule has 0 aromatic heterocycles. The van der Waals surface area contributed by atoms with Crippen LogP contribution in [-0.4, -0.2) is 77.5 Å². The van der Waals surface area contributed by atoms with Crippen LogP contribution < -0.4 is 35.9 Å². The summed E-state index contributed by atoms with van der Waals surface area (Å²) in [5, 5.41) is 18.3. The third kappa shape index (κ3) is 9.69. The Balaban J connectivity index is 1.45. The van der Waals surface area contributed by atoms with Crippen molar-refractivity contribution in [2.45, 2.75) is 96.4 Å². The van der Waals surface area contributed by atoms with E-state index in [1.54, 1.807) is 21.3 Å². The van der Waals surface area contributed by atoms with E-state index >= 15 is 0 Å². The number of aliphatic hydroxyl groups is 1. The number of rotatable bonds is 19. The highest BCUT2D eigenvalue weighted by atomic mass is 16.5. The van der Waals surface area contributed by atoms with Gasteiger partial charge in [0, 0.05) is 58.5 Å². The van der Waals surface area contributed by atoms with Gasteiger partial charge in [0.15, 0.2) is 0 Å². The summed E-state index contributed by atoms with van der Waals surface area (Å²) in [7, 11) is 4.94. The summed E-state index contributed by atoms with van der Waals surface area (Å²) in [5.74, 6) is 2.48. The van der Waals surface area contributed by atoms with Crippen LogP contribution in [0.5, 0.6) is 11.5 Å². The number of piperidine rings is 1. The summed E-state index contributed by atoms with van der Waals surface area (Å²) in [6, 6.07) is 5.35. The predicted octanol–water partition coefficient (Wildman–Crippen LogP) is 4.50. The fraction of sp³-hybridized carbons (Fsp3) is 0.722. The van der Waals surface area contributed by atoms with Gasteiger partial charge < -0.3 is 39.6 Å².